The summed E-state index contributed by atoms with van der Waals surface area (Å²) < 4.78 is 26.0. The van der Waals surface area contributed by atoms with Crippen molar-refractivity contribution < 1.29 is 13.5 Å². The second-order valence-electron chi connectivity index (χ2n) is 4.60. The lowest BCUT2D eigenvalue weighted by Gasteiger charge is -2.15. The van der Waals surface area contributed by atoms with Crippen molar-refractivity contribution in [2.45, 2.75) is 31.1 Å². The largest absolute Gasteiger partial charge is 0.860 e. The molecule has 0 aliphatic heterocycles. The van der Waals surface area contributed by atoms with Gasteiger partial charge in [0.15, 0.2) is 0 Å². The Labute approximate surface area is 113 Å². The van der Waals surface area contributed by atoms with Crippen LogP contribution >= 0.6 is 0 Å². The third-order valence-corrected chi connectivity index (χ3v) is 4.32. The summed E-state index contributed by atoms with van der Waals surface area (Å²) in [4.78, 5) is 0.0975. The van der Waals surface area contributed by atoms with Gasteiger partial charge < -0.3 is 5.11 Å². The maximum Gasteiger partial charge on any atom is 0.260 e. The van der Waals surface area contributed by atoms with Crippen LogP contribution in [0.4, 0.5) is 0 Å². The Bertz CT molecular complexity index is 613. The van der Waals surface area contributed by atoms with Crippen LogP contribution in [0.1, 0.15) is 24.8 Å². The number of hydrogen-bond acceptors (Lipinski definition) is 3. The molecule has 4 nitrogen and oxygen atoms in total. The molecule has 2 rings (SSSR count). The van der Waals surface area contributed by atoms with E-state index in [4.69, 9.17) is 0 Å². The SMILES string of the molecule is Cc1ccc(S(=O)(=O)N/C([O-])=C/C2=CCCC2)cc1. The van der Waals surface area contributed by atoms with Gasteiger partial charge in [0.1, 0.15) is 0 Å². The lowest BCUT2D eigenvalue weighted by molar-refractivity contribution is -0.307. The predicted molar refractivity (Wildman–Crippen MR) is 71.5 cm³/mol. The Balaban J connectivity index is 2.14. The molecular formula is C14H16NO3S-. The second-order valence-corrected chi connectivity index (χ2v) is 6.28. The van der Waals surface area contributed by atoms with Crippen molar-refractivity contribution in [3.63, 3.8) is 0 Å². The Morgan fingerprint density at radius 2 is 2.00 bits per heavy atom. The van der Waals surface area contributed by atoms with E-state index in [1.807, 2.05) is 13.0 Å². The van der Waals surface area contributed by atoms with E-state index < -0.39 is 15.9 Å². The molecule has 0 unspecified atom stereocenters. The summed E-state index contributed by atoms with van der Waals surface area (Å²) in [5.41, 5.74) is 1.87. The minimum Gasteiger partial charge on any atom is -0.860 e. The van der Waals surface area contributed by atoms with Gasteiger partial charge in [0.25, 0.3) is 10.0 Å². The lowest BCUT2D eigenvalue weighted by atomic mass is 10.2. The monoisotopic (exact) mass is 278 g/mol. The highest BCUT2D eigenvalue weighted by atomic mass is 32.2. The minimum absolute atomic E-state index is 0.0975. The fraction of sp³-hybridized carbons (Fsp3) is 0.286. The van der Waals surface area contributed by atoms with Gasteiger partial charge in [0.2, 0.25) is 0 Å². The Morgan fingerprint density at radius 3 is 2.58 bits per heavy atom. The molecule has 0 amide bonds. The highest BCUT2D eigenvalue weighted by Gasteiger charge is 2.12. The lowest BCUT2D eigenvalue weighted by Crippen LogP contribution is -2.29. The number of sulfonamides is 1. The van der Waals surface area contributed by atoms with Crippen molar-refractivity contribution in [3.8, 4) is 0 Å². The van der Waals surface area contributed by atoms with Crippen LogP contribution in [0.5, 0.6) is 0 Å². The first-order valence-electron chi connectivity index (χ1n) is 6.14. The van der Waals surface area contributed by atoms with Gasteiger partial charge in [-0.25, -0.2) is 8.42 Å². The predicted octanol–water partition coefficient (Wildman–Crippen LogP) is 1.59. The molecule has 1 aromatic carbocycles. The molecular weight excluding hydrogens is 262 g/mol. The summed E-state index contributed by atoms with van der Waals surface area (Å²) in [6.07, 6.45) is 6.11. The van der Waals surface area contributed by atoms with Gasteiger partial charge in [-0.2, -0.15) is 0 Å². The molecule has 1 aliphatic carbocycles. The van der Waals surface area contributed by atoms with E-state index in [2.05, 4.69) is 4.72 Å². The zero-order valence-corrected chi connectivity index (χ0v) is 11.5. The van der Waals surface area contributed by atoms with E-state index in [0.29, 0.717) is 0 Å². The molecule has 0 radical (unpaired) electrons. The molecule has 0 fully saturated rings. The fourth-order valence-corrected chi connectivity index (χ4v) is 2.87. The molecule has 0 saturated heterocycles. The first-order chi connectivity index (χ1) is 8.97. The average Bonchev–Trinajstić information content (AvgIpc) is 2.81. The summed E-state index contributed by atoms with van der Waals surface area (Å²) in [5, 5.41) is 11.7. The number of allylic oxidation sites excluding steroid dienone is 3. The molecule has 0 atom stereocenters. The Morgan fingerprint density at radius 1 is 1.32 bits per heavy atom. The summed E-state index contributed by atoms with van der Waals surface area (Å²) in [7, 11) is -3.78. The van der Waals surface area contributed by atoms with Gasteiger partial charge >= 0.3 is 0 Å². The number of nitrogens with one attached hydrogen (secondary N) is 1. The standard InChI is InChI=1S/C14H17NO3S/c1-11-6-8-13(9-7-11)19(17,18)15-14(16)10-12-4-2-3-5-12/h4,6-10,15-16H,2-3,5H2,1H3/p-1/b14-10-. The van der Waals surface area contributed by atoms with Crippen LogP contribution in [0.3, 0.4) is 0 Å². The van der Waals surface area contributed by atoms with Gasteiger partial charge in [0, 0.05) is 0 Å². The van der Waals surface area contributed by atoms with Gasteiger partial charge in [0.05, 0.1) is 4.90 Å². The fourth-order valence-electron chi connectivity index (χ4n) is 1.93. The maximum atomic E-state index is 12.0. The molecule has 0 bridgehead atoms. The molecule has 1 N–H and O–H groups in total. The van der Waals surface area contributed by atoms with Crippen molar-refractivity contribution >= 4 is 10.0 Å². The first kappa shape index (κ1) is 13.7. The zero-order chi connectivity index (χ0) is 13.9. The van der Waals surface area contributed by atoms with Crippen molar-refractivity contribution in [2.24, 2.45) is 0 Å². The van der Waals surface area contributed by atoms with E-state index in [1.54, 1.807) is 12.1 Å². The van der Waals surface area contributed by atoms with Crippen molar-refractivity contribution in [2.75, 3.05) is 0 Å². The zero-order valence-electron chi connectivity index (χ0n) is 10.7. The van der Waals surface area contributed by atoms with Crippen LogP contribution in [0.15, 0.2) is 52.8 Å². The van der Waals surface area contributed by atoms with Crippen LogP contribution in [-0.4, -0.2) is 8.42 Å². The summed E-state index contributed by atoms with van der Waals surface area (Å²) in [5.74, 6) is -0.589. The van der Waals surface area contributed by atoms with Crippen LogP contribution in [0.25, 0.3) is 0 Å². The van der Waals surface area contributed by atoms with E-state index >= 15 is 0 Å². The van der Waals surface area contributed by atoms with Crippen molar-refractivity contribution in [1.29, 1.82) is 0 Å². The Hall–Kier alpha value is -1.75. The second kappa shape index (κ2) is 5.48. The van der Waals surface area contributed by atoms with Gasteiger partial charge in [-0.05, 0) is 44.2 Å². The highest BCUT2D eigenvalue weighted by molar-refractivity contribution is 7.89. The number of aryl methyl sites for hydroxylation is 1. The smallest absolute Gasteiger partial charge is 0.260 e. The number of benzene rings is 1. The maximum absolute atomic E-state index is 12.0. The average molecular weight is 278 g/mol. The first-order valence-corrected chi connectivity index (χ1v) is 7.63. The molecule has 1 aliphatic rings. The normalized spacial score (nSPS) is 16.3. The third-order valence-electron chi connectivity index (χ3n) is 2.96. The molecule has 19 heavy (non-hydrogen) atoms. The minimum atomic E-state index is -3.78. The van der Waals surface area contributed by atoms with Gasteiger partial charge in [-0.3, -0.25) is 4.72 Å². The summed E-state index contributed by atoms with van der Waals surface area (Å²) >= 11 is 0. The van der Waals surface area contributed by atoms with Crippen LogP contribution in [-0.2, 0) is 10.0 Å². The van der Waals surface area contributed by atoms with E-state index in [0.717, 1.165) is 30.4 Å². The molecule has 0 aromatic heterocycles. The third kappa shape index (κ3) is 3.61. The van der Waals surface area contributed by atoms with E-state index in [1.165, 1.54) is 18.2 Å². The van der Waals surface area contributed by atoms with Crippen LogP contribution in [0, 0.1) is 6.92 Å². The summed E-state index contributed by atoms with van der Waals surface area (Å²) in [6.45, 7) is 1.87. The molecule has 0 saturated carbocycles. The number of hydrogen-bond donors (Lipinski definition) is 1. The number of rotatable bonds is 4. The van der Waals surface area contributed by atoms with E-state index in [9.17, 15) is 13.5 Å². The summed E-state index contributed by atoms with van der Waals surface area (Å²) in [6, 6.07) is 6.37. The van der Waals surface area contributed by atoms with Crippen molar-refractivity contribution in [3.05, 3.63) is 53.4 Å². The molecule has 102 valence electrons. The van der Waals surface area contributed by atoms with E-state index in [-0.39, 0.29) is 4.90 Å². The van der Waals surface area contributed by atoms with Crippen LogP contribution in [0.2, 0.25) is 0 Å². The van der Waals surface area contributed by atoms with Crippen LogP contribution < -0.4 is 9.83 Å². The molecule has 0 heterocycles. The van der Waals surface area contributed by atoms with Gasteiger partial charge in [-0.15, -0.1) is 0 Å². The van der Waals surface area contributed by atoms with Crippen molar-refractivity contribution in [1.82, 2.24) is 4.72 Å². The Kier molecular flexibility index (Phi) is 3.95. The topological polar surface area (TPSA) is 69.2 Å². The quantitative estimate of drug-likeness (QED) is 0.850. The molecule has 5 heteroatoms. The highest BCUT2D eigenvalue weighted by Crippen LogP contribution is 2.19. The molecule has 1 aromatic rings. The van der Waals surface area contributed by atoms with Gasteiger partial charge in [-0.1, -0.05) is 35.4 Å². The molecule has 0 spiro atoms.